The van der Waals surface area contributed by atoms with Crippen LogP contribution in [0.1, 0.15) is 278 Å². The summed E-state index contributed by atoms with van der Waals surface area (Å²) in [5, 5.41) is 9.76. The van der Waals surface area contributed by atoms with Crippen molar-refractivity contribution in [3.8, 4) is 0 Å². The second kappa shape index (κ2) is 51.3. The van der Waals surface area contributed by atoms with Crippen molar-refractivity contribution in [3.63, 3.8) is 0 Å². The summed E-state index contributed by atoms with van der Waals surface area (Å²) in [6, 6.07) is 0. The van der Waals surface area contributed by atoms with E-state index in [0.29, 0.717) is 19.3 Å². The molecule has 0 saturated heterocycles. The Balaban J connectivity index is 4.70. The number of carbonyl (C=O) groups excluding carboxylic acids is 3. The van der Waals surface area contributed by atoms with Crippen molar-refractivity contribution in [2.24, 2.45) is 0 Å². The fraction of sp³-hybridized carbons (Fsp3) is 0.875. The first-order chi connectivity index (χ1) is 33.2. The zero-order valence-electron chi connectivity index (χ0n) is 44.1. The van der Waals surface area contributed by atoms with Gasteiger partial charge >= 0.3 is 25.7 Å². The maximum atomic E-state index is 12.9. The summed E-state index contributed by atoms with van der Waals surface area (Å²) in [7, 11) is -4.74. The number of aliphatic hydroxyl groups is 1. The molecule has 0 aromatic heterocycles. The van der Waals surface area contributed by atoms with Gasteiger partial charge in [-0.25, -0.2) is 4.57 Å². The Morgan fingerprint density at radius 1 is 0.412 bits per heavy atom. The molecule has 12 heteroatoms. The summed E-state index contributed by atoms with van der Waals surface area (Å²) in [6.07, 6.45) is 50.0. The summed E-state index contributed by atoms with van der Waals surface area (Å²) < 4.78 is 39.4. The number of unbranched alkanes of at least 4 members (excludes halogenated alkanes) is 32. The number of hydrogen-bond acceptors (Lipinski definition) is 10. The van der Waals surface area contributed by atoms with Gasteiger partial charge in [0.05, 0.1) is 19.8 Å². The van der Waals surface area contributed by atoms with Gasteiger partial charge in [-0.2, -0.15) is 0 Å². The average Bonchev–Trinajstić information content (AvgIpc) is 3.32. The van der Waals surface area contributed by atoms with E-state index in [2.05, 4.69) is 45.1 Å². The van der Waals surface area contributed by atoms with Crippen molar-refractivity contribution in [2.75, 3.05) is 26.4 Å². The fourth-order valence-electron chi connectivity index (χ4n) is 8.03. The van der Waals surface area contributed by atoms with Crippen molar-refractivity contribution in [1.82, 2.24) is 0 Å². The molecule has 0 aliphatic rings. The highest BCUT2D eigenvalue weighted by Gasteiger charge is 2.28. The predicted octanol–water partition coefficient (Wildman–Crippen LogP) is 16.3. The Morgan fingerprint density at radius 3 is 1.12 bits per heavy atom. The van der Waals surface area contributed by atoms with Gasteiger partial charge in [0.15, 0.2) is 6.10 Å². The van der Waals surface area contributed by atoms with Gasteiger partial charge < -0.3 is 24.2 Å². The molecule has 0 aromatic carbocycles. The molecule has 0 rings (SSSR count). The van der Waals surface area contributed by atoms with Crippen molar-refractivity contribution >= 4 is 25.7 Å². The van der Waals surface area contributed by atoms with Crippen LogP contribution < -0.4 is 0 Å². The van der Waals surface area contributed by atoms with Crippen LogP contribution in [-0.4, -0.2) is 66.5 Å². The van der Waals surface area contributed by atoms with Crippen LogP contribution in [0.4, 0.5) is 0 Å². The van der Waals surface area contributed by atoms with E-state index in [-0.39, 0.29) is 25.9 Å². The first-order valence-corrected chi connectivity index (χ1v) is 29.7. The van der Waals surface area contributed by atoms with Crippen molar-refractivity contribution in [1.29, 1.82) is 0 Å². The van der Waals surface area contributed by atoms with Crippen LogP contribution in [-0.2, 0) is 42.2 Å². The summed E-state index contributed by atoms with van der Waals surface area (Å²) in [4.78, 5) is 48.4. The molecule has 11 nitrogen and oxygen atoms in total. The lowest BCUT2D eigenvalue weighted by Crippen LogP contribution is -2.30. The predicted molar refractivity (Wildman–Crippen MR) is 280 cm³/mol. The smallest absolute Gasteiger partial charge is 0.462 e. The Kier molecular flexibility index (Phi) is 49.8. The first-order valence-electron chi connectivity index (χ1n) is 28.2. The largest absolute Gasteiger partial charge is 0.472 e. The van der Waals surface area contributed by atoms with Gasteiger partial charge in [-0.1, -0.05) is 231 Å². The number of phosphoric acid groups is 1. The second-order valence-electron chi connectivity index (χ2n) is 19.1. The maximum absolute atomic E-state index is 12.9. The molecule has 0 bridgehead atoms. The highest BCUT2D eigenvalue weighted by Crippen LogP contribution is 2.43. The average molecular weight is 985 g/mol. The van der Waals surface area contributed by atoms with Gasteiger partial charge in [0, 0.05) is 19.3 Å². The Hall–Kier alpha value is -2.04. The number of aliphatic hydroxyl groups excluding tert-OH is 1. The molecule has 68 heavy (non-hydrogen) atoms. The zero-order chi connectivity index (χ0) is 49.9. The van der Waals surface area contributed by atoms with Gasteiger partial charge in [-0.15, -0.1) is 0 Å². The molecule has 0 saturated carbocycles. The van der Waals surface area contributed by atoms with Crippen molar-refractivity contribution in [3.05, 3.63) is 24.3 Å². The Morgan fingerprint density at radius 2 is 0.721 bits per heavy atom. The minimum absolute atomic E-state index is 0.157. The molecule has 3 atom stereocenters. The van der Waals surface area contributed by atoms with E-state index in [4.69, 9.17) is 23.3 Å². The first kappa shape index (κ1) is 66.0. The molecule has 0 aliphatic heterocycles. The normalized spacial score (nSPS) is 13.5. The third kappa shape index (κ3) is 49.0. The molecular weight excluding hydrogens is 880 g/mol. The molecule has 0 fully saturated rings. The van der Waals surface area contributed by atoms with Crippen LogP contribution in [0.3, 0.4) is 0 Å². The van der Waals surface area contributed by atoms with Crippen LogP contribution >= 0.6 is 7.82 Å². The van der Waals surface area contributed by atoms with Crippen LogP contribution in [0.5, 0.6) is 0 Å². The minimum atomic E-state index is -4.74. The van der Waals surface area contributed by atoms with Gasteiger partial charge in [0.1, 0.15) is 12.7 Å². The molecular formula is C56H105O11P. The van der Waals surface area contributed by atoms with E-state index < -0.39 is 57.8 Å². The van der Waals surface area contributed by atoms with Gasteiger partial charge in [0.2, 0.25) is 0 Å². The van der Waals surface area contributed by atoms with Crippen LogP contribution in [0.2, 0.25) is 0 Å². The van der Waals surface area contributed by atoms with Crippen molar-refractivity contribution in [2.45, 2.75) is 290 Å². The molecule has 0 spiro atoms. The zero-order valence-corrected chi connectivity index (χ0v) is 45.0. The number of carbonyl (C=O) groups is 3. The van der Waals surface area contributed by atoms with Gasteiger partial charge in [0.25, 0.3) is 0 Å². The van der Waals surface area contributed by atoms with Crippen LogP contribution in [0, 0.1) is 0 Å². The molecule has 0 amide bonds. The number of allylic oxidation sites excluding steroid dienone is 4. The number of phosphoric ester groups is 1. The number of esters is 3. The summed E-state index contributed by atoms with van der Waals surface area (Å²) >= 11 is 0. The SMILES string of the molecule is CCCCC/C=C\C/C=C\CCCCCCCC(=O)OC(COC(=O)CCCCCCCCCCCCCCCCCCC)COP(=O)(O)OCC(CO)OC(=O)CCCCCCCCCCC. The number of ether oxygens (including phenoxy) is 3. The second-order valence-corrected chi connectivity index (χ2v) is 20.6. The topological polar surface area (TPSA) is 155 Å². The fourth-order valence-corrected chi connectivity index (χ4v) is 8.82. The molecule has 400 valence electrons. The number of rotatable bonds is 53. The molecule has 2 N–H and O–H groups in total. The molecule has 0 radical (unpaired) electrons. The van der Waals surface area contributed by atoms with E-state index in [1.807, 2.05) is 0 Å². The molecule has 0 aromatic rings. The van der Waals surface area contributed by atoms with Crippen LogP contribution in [0.15, 0.2) is 24.3 Å². The third-order valence-corrected chi connectivity index (χ3v) is 13.3. The van der Waals surface area contributed by atoms with Gasteiger partial charge in [-0.05, 0) is 51.4 Å². The lowest BCUT2D eigenvalue weighted by molar-refractivity contribution is -0.161. The maximum Gasteiger partial charge on any atom is 0.472 e. The summed E-state index contributed by atoms with van der Waals surface area (Å²) in [5.74, 6) is -1.46. The van der Waals surface area contributed by atoms with Crippen molar-refractivity contribution < 1.29 is 52.2 Å². The third-order valence-electron chi connectivity index (χ3n) is 12.4. The van der Waals surface area contributed by atoms with E-state index in [1.54, 1.807) is 0 Å². The Labute approximate surface area is 417 Å². The van der Waals surface area contributed by atoms with Crippen LogP contribution in [0.25, 0.3) is 0 Å². The molecule has 0 heterocycles. The minimum Gasteiger partial charge on any atom is -0.462 e. The lowest BCUT2D eigenvalue weighted by Gasteiger charge is -2.21. The lowest BCUT2D eigenvalue weighted by atomic mass is 10.0. The standard InChI is InChI=1S/C56H105O11P/c1-4-7-10-13-16-19-21-23-25-26-28-29-31-34-36-39-42-45-54(58)63-49-53(67-56(60)47-44-41-38-35-32-30-27-24-22-20-17-14-11-8-5-2)51-65-68(61,62)64-50-52(48-57)66-55(59)46-43-40-37-33-18-15-12-9-6-3/h17,20,24,27,52-53,57H,4-16,18-19,21-23,25-26,28-51H2,1-3H3,(H,61,62)/b20-17-,27-24-. The Bertz CT molecular complexity index is 1240. The van der Waals surface area contributed by atoms with Gasteiger partial charge in [-0.3, -0.25) is 23.4 Å². The van der Waals surface area contributed by atoms with E-state index in [9.17, 15) is 28.9 Å². The highest BCUT2D eigenvalue weighted by atomic mass is 31.2. The molecule has 3 unspecified atom stereocenters. The van der Waals surface area contributed by atoms with E-state index in [0.717, 1.165) is 83.5 Å². The van der Waals surface area contributed by atoms with E-state index >= 15 is 0 Å². The quantitative estimate of drug-likeness (QED) is 0.0197. The molecule has 0 aliphatic carbocycles. The summed E-state index contributed by atoms with van der Waals surface area (Å²) in [5.41, 5.74) is 0. The highest BCUT2D eigenvalue weighted by molar-refractivity contribution is 7.47. The van der Waals surface area contributed by atoms with E-state index in [1.165, 1.54) is 135 Å². The number of hydrogen-bond donors (Lipinski definition) is 2. The summed E-state index contributed by atoms with van der Waals surface area (Å²) in [6.45, 7) is 4.62. The monoisotopic (exact) mass is 985 g/mol.